The van der Waals surface area contributed by atoms with Crippen LogP contribution in [0.1, 0.15) is 52.0 Å². The van der Waals surface area contributed by atoms with Crippen molar-refractivity contribution in [3.05, 3.63) is 71.0 Å². The number of hydrogen-bond donors (Lipinski definition) is 3. The summed E-state index contributed by atoms with van der Waals surface area (Å²) in [5.74, 6) is -1.63. The van der Waals surface area contributed by atoms with Crippen LogP contribution in [0.2, 0.25) is 0 Å². The number of aryl methyl sites for hydroxylation is 1. The van der Waals surface area contributed by atoms with Crippen molar-refractivity contribution in [1.29, 1.82) is 5.26 Å². The number of hydrogen-bond acceptors (Lipinski definition) is 6. The Labute approximate surface area is 244 Å². The second kappa shape index (κ2) is 11.4. The summed E-state index contributed by atoms with van der Waals surface area (Å²) in [4.78, 5) is 30.6. The van der Waals surface area contributed by atoms with Gasteiger partial charge in [-0.25, -0.2) is 4.39 Å². The SMILES string of the molecule is CNC(=O)c1c(-c2ccc(F)c(C)c2)oc2nc(NCC(F)(F)F)c(-c3cccc(C(=O)NC4(C#N)CCCC4)c3)cc12. The van der Waals surface area contributed by atoms with E-state index in [1.165, 1.54) is 43.4 Å². The van der Waals surface area contributed by atoms with Gasteiger partial charge in [0.25, 0.3) is 11.8 Å². The number of amides is 2. The van der Waals surface area contributed by atoms with Gasteiger partial charge in [0, 0.05) is 23.7 Å². The highest BCUT2D eigenvalue weighted by atomic mass is 19.4. The largest absolute Gasteiger partial charge is 0.437 e. The van der Waals surface area contributed by atoms with Crippen molar-refractivity contribution in [2.75, 3.05) is 18.9 Å². The molecule has 1 saturated carbocycles. The Hall–Kier alpha value is -4.92. The van der Waals surface area contributed by atoms with Crippen molar-refractivity contribution < 1.29 is 31.6 Å². The molecule has 0 atom stereocenters. The zero-order valence-electron chi connectivity index (χ0n) is 23.3. The Balaban J connectivity index is 1.66. The Bertz CT molecular complexity index is 1770. The van der Waals surface area contributed by atoms with Crippen LogP contribution in [-0.4, -0.2) is 42.1 Å². The number of rotatable bonds is 7. The molecule has 2 heterocycles. The number of nitriles is 1. The third-order valence-corrected chi connectivity index (χ3v) is 7.47. The number of pyridine rings is 1. The van der Waals surface area contributed by atoms with Gasteiger partial charge in [0.1, 0.15) is 29.5 Å². The Kier molecular flexibility index (Phi) is 7.84. The molecule has 0 saturated heterocycles. The van der Waals surface area contributed by atoms with Crippen molar-refractivity contribution in [2.45, 2.75) is 44.3 Å². The van der Waals surface area contributed by atoms with Crippen molar-refractivity contribution >= 4 is 28.7 Å². The number of carbonyl (C=O) groups excluding carboxylic acids is 2. The molecule has 0 bridgehead atoms. The van der Waals surface area contributed by atoms with Crippen molar-refractivity contribution in [3.63, 3.8) is 0 Å². The van der Waals surface area contributed by atoms with Gasteiger partial charge in [-0.15, -0.1) is 0 Å². The average molecular weight is 594 g/mol. The van der Waals surface area contributed by atoms with Crippen LogP contribution in [0.15, 0.2) is 52.9 Å². The predicted molar refractivity (Wildman–Crippen MR) is 152 cm³/mol. The molecule has 8 nitrogen and oxygen atoms in total. The number of carbonyl (C=O) groups is 2. The van der Waals surface area contributed by atoms with Crippen molar-refractivity contribution in [2.24, 2.45) is 0 Å². The van der Waals surface area contributed by atoms with E-state index < -0.39 is 35.9 Å². The summed E-state index contributed by atoms with van der Waals surface area (Å²) in [7, 11) is 1.41. The number of fused-ring (bicyclic) bond motifs is 1. The highest BCUT2D eigenvalue weighted by Gasteiger charge is 2.36. The number of nitrogens with one attached hydrogen (secondary N) is 3. The molecule has 0 unspecified atom stereocenters. The molecule has 1 aliphatic carbocycles. The second-order valence-electron chi connectivity index (χ2n) is 10.5. The molecular formula is C31H27F4N5O3. The van der Waals surface area contributed by atoms with E-state index in [1.54, 1.807) is 19.1 Å². The third kappa shape index (κ3) is 6.02. The lowest BCUT2D eigenvalue weighted by atomic mass is 9.97. The summed E-state index contributed by atoms with van der Waals surface area (Å²) in [5, 5.41) is 17.5. The molecule has 43 heavy (non-hydrogen) atoms. The molecule has 0 aliphatic heterocycles. The van der Waals surface area contributed by atoms with Gasteiger partial charge in [0.05, 0.1) is 17.0 Å². The second-order valence-corrected chi connectivity index (χ2v) is 10.5. The third-order valence-electron chi connectivity index (χ3n) is 7.47. The number of furan rings is 1. The Morgan fingerprint density at radius 1 is 1.07 bits per heavy atom. The Morgan fingerprint density at radius 3 is 2.47 bits per heavy atom. The van der Waals surface area contributed by atoms with E-state index in [-0.39, 0.29) is 39.4 Å². The van der Waals surface area contributed by atoms with Crippen LogP contribution in [0.25, 0.3) is 33.6 Å². The average Bonchev–Trinajstić information content (AvgIpc) is 3.61. The molecule has 1 aliphatic rings. The summed E-state index contributed by atoms with van der Waals surface area (Å²) >= 11 is 0. The van der Waals surface area contributed by atoms with E-state index in [2.05, 4.69) is 27.0 Å². The van der Waals surface area contributed by atoms with Gasteiger partial charge < -0.3 is 20.4 Å². The molecule has 222 valence electrons. The molecule has 5 rings (SSSR count). The van der Waals surface area contributed by atoms with Crippen LogP contribution in [0.4, 0.5) is 23.4 Å². The maximum absolute atomic E-state index is 14.0. The smallest absolute Gasteiger partial charge is 0.405 e. The molecule has 4 aromatic rings. The van der Waals surface area contributed by atoms with Gasteiger partial charge in [-0.3, -0.25) is 9.59 Å². The lowest BCUT2D eigenvalue weighted by Gasteiger charge is -2.22. The molecule has 0 spiro atoms. The van der Waals surface area contributed by atoms with Gasteiger partial charge in [0.2, 0.25) is 5.71 Å². The normalized spacial score (nSPS) is 14.3. The number of anilines is 1. The van der Waals surface area contributed by atoms with Crippen LogP contribution in [-0.2, 0) is 0 Å². The van der Waals surface area contributed by atoms with Crippen molar-refractivity contribution in [1.82, 2.24) is 15.6 Å². The maximum Gasteiger partial charge on any atom is 0.405 e. The van der Waals surface area contributed by atoms with E-state index in [4.69, 9.17) is 4.42 Å². The molecule has 0 radical (unpaired) electrons. The van der Waals surface area contributed by atoms with Gasteiger partial charge in [0.15, 0.2) is 0 Å². The molecule has 2 aromatic heterocycles. The Morgan fingerprint density at radius 2 is 1.81 bits per heavy atom. The van der Waals surface area contributed by atoms with Gasteiger partial charge in [-0.05, 0) is 80.1 Å². The predicted octanol–water partition coefficient (Wildman–Crippen LogP) is 6.51. The van der Waals surface area contributed by atoms with Crippen LogP contribution in [0, 0.1) is 24.1 Å². The van der Waals surface area contributed by atoms with E-state index in [9.17, 15) is 32.4 Å². The first-order valence-corrected chi connectivity index (χ1v) is 13.5. The van der Waals surface area contributed by atoms with Crippen LogP contribution < -0.4 is 16.0 Å². The van der Waals surface area contributed by atoms with E-state index >= 15 is 0 Å². The summed E-state index contributed by atoms with van der Waals surface area (Å²) in [6.07, 6.45) is -1.90. The van der Waals surface area contributed by atoms with Crippen LogP contribution in [0.3, 0.4) is 0 Å². The van der Waals surface area contributed by atoms with Gasteiger partial charge in [-0.1, -0.05) is 12.1 Å². The minimum atomic E-state index is -4.57. The fourth-order valence-corrected chi connectivity index (χ4v) is 5.26. The highest BCUT2D eigenvalue weighted by molar-refractivity contribution is 6.11. The fourth-order valence-electron chi connectivity index (χ4n) is 5.26. The summed E-state index contributed by atoms with van der Waals surface area (Å²) in [6.45, 7) is 0.140. The number of alkyl halides is 3. The molecule has 2 aromatic carbocycles. The number of benzene rings is 2. The standard InChI is InChI=1S/C31H27F4N5O3/c1-17-12-19(8-9-23(17)32)25-24(28(42)37-2)22-14-21(26(39-29(22)43-25)38-16-31(33,34)35)18-6-5-7-20(13-18)27(41)40-30(15-36)10-3-4-11-30/h5-9,12-14H,3-4,10-11,16H2,1-2H3,(H,37,42)(H,38,39)(H,40,41). The fraction of sp³-hybridized carbons (Fsp3) is 0.290. The quantitative estimate of drug-likeness (QED) is 0.210. The molecular weight excluding hydrogens is 566 g/mol. The number of nitrogens with zero attached hydrogens (tertiary/aromatic N) is 2. The maximum atomic E-state index is 14.0. The monoisotopic (exact) mass is 593 g/mol. The first-order chi connectivity index (χ1) is 20.4. The number of aromatic nitrogens is 1. The van der Waals surface area contributed by atoms with Gasteiger partial charge in [-0.2, -0.15) is 23.4 Å². The summed E-state index contributed by atoms with van der Waals surface area (Å²) < 4.78 is 59.7. The minimum Gasteiger partial charge on any atom is -0.437 e. The van der Waals surface area contributed by atoms with E-state index in [0.717, 1.165) is 12.8 Å². The zero-order valence-corrected chi connectivity index (χ0v) is 23.3. The molecule has 3 N–H and O–H groups in total. The molecule has 1 fully saturated rings. The number of halogens is 4. The first kappa shape index (κ1) is 29.6. The molecule has 12 heteroatoms. The lowest BCUT2D eigenvalue weighted by Crippen LogP contribution is -2.45. The first-order valence-electron chi connectivity index (χ1n) is 13.5. The van der Waals surface area contributed by atoms with Crippen LogP contribution >= 0.6 is 0 Å². The zero-order chi connectivity index (χ0) is 30.9. The lowest BCUT2D eigenvalue weighted by molar-refractivity contribution is -0.115. The topological polar surface area (TPSA) is 120 Å². The van der Waals surface area contributed by atoms with Crippen LogP contribution in [0.5, 0.6) is 0 Å². The van der Waals surface area contributed by atoms with Crippen molar-refractivity contribution in [3.8, 4) is 28.5 Å². The molecule has 2 amide bonds. The van der Waals surface area contributed by atoms with E-state index in [1.807, 2.05) is 0 Å². The van der Waals surface area contributed by atoms with Gasteiger partial charge >= 0.3 is 6.18 Å². The minimum absolute atomic E-state index is 0.0609. The summed E-state index contributed by atoms with van der Waals surface area (Å²) in [5.41, 5.74) is 0.360. The highest BCUT2D eigenvalue weighted by Crippen LogP contribution is 2.39. The summed E-state index contributed by atoms with van der Waals surface area (Å²) in [6, 6.07) is 14.0. The van der Waals surface area contributed by atoms with E-state index in [0.29, 0.717) is 29.5 Å².